The Kier molecular flexibility index (Phi) is 9.13. The molecule has 1 amide bonds. The Bertz CT molecular complexity index is 2950. The van der Waals surface area contributed by atoms with Gasteiger partial charge in [0.1, 0.15) is 0 Å². The lowest BCUT2D eigenvalue weighted by molar-refractivity contribution is -0.114. The molecule has 7 aromatic rings. The van der Waals surface area contributed by atoms with Gasteiger partial charge in [-0.05, 0) is 124 Å². The Balaban J connectivity index is 1.46. The summed E-state index contributed by atoms with van der Waals surface area (Å²) in [5, 5.41) is 2.91. The van der Waals surface area contributed by atoms with E-state index in [0.717, 1.165) is 95.0 Å². The summed E-state index contributed by atoms with van der Waals surface area (Å²) >= 11 is 0. The van der Waals surface area contributed by atoms with Gasteiger partial charge >= 0.3 is 0 Å². The maximum atomic E-state index is 11.9. The molecule has 3 aromatic heterocycles. The molecule has 5 heterocycles. The summed E-state index contributed by atoms with van der Waals surface area (Å²) in [6, 6.07) is 36.7. The summed E-state index contributed by atoms with van der Waals surface area (Å²) in [4.78, 5) is 30.6. The molecule has 0 fully saturated rings. The Morgan fingerprint density at radius 2 is 0.707 bits per heavy atom. The quantitative estimate of drug-likeness (QED) is 0.163. The summed E-state index contributed by atoms with van der Waals surface area (Å²) < 4.78 is 0. The maximum absolute atomic E-state index is 11.9. The van der Waals surface area contributed by atoms with Crippen molar-refractivity contribution in [1.29, 1.82) is 0 Å². The third kappa shape index (κ3) is 6.98. The van der Waals surface area contributed by atoms with Crippen molar-refractivity contribution < 1.29 is 4.79 Å². The Labute approximate surface area is 339 Å². The van der Waals surface area contributed by atoms with Gasteiger partial charge < -0.3 is 15.3 Å². The number of aromatic amines is 2. The number of H-pyrrole nitrogens is 2. The lowest BCUT2D eigenvalue weighted by Gasteiger charge is -2.09. The van der Waals surface area contributed by atoms with Crippen LogP contribution in [0, 0.1) is 41.5 Å². The molecule has 284 valence electrons. The number of amides is 1. The zero-order valence-corrected chi connectivity index (χ0v) is 33.9. The second kappa shape index (κ2) is 14.5. The van der Waals surface area contributed by atoms with Crippen molar-refractivity contribution in [3.05, 3.63) is 159 Å². The van der Waals surface area contributed by atoms with Crippen LogP contribution < -0.4 is 5.32 Å². The fraction of sp³-hybridized carbons (Fsp3) is 0.135. The average Bonchev–Trinajstić information content (AvgIpc) is 3.99. The van der Waals surface area contributed by atoms with Gasteiger partial charge in [0.15, 0.2) is 0 Å². The first-order chi connectivity index (χ1) is 27.9. The van der Waals surface area contributed by atoms with Crippen LogP contribution in [0.3, 0.4) is 0 Å². The van der Waals surface area contributed by atoms with E-state index in [2.05, 4.69) is 160 Å². The fourth-order valence-electron chi connectivity index (χ4n) is 8.70. The summed E-state index contributed by atoms with van der Waals surface area (Å²) in [5.74, 6) is -0.110. The van der Waals surface area contributed by atoms with E-state index in [1.54, 1.807) is 0 Å². The van der Waals surface area contributed by atoms with Crippen molar-refractivity contribution in [3.8, 4) is 44.5 Å². The van der Waals surface area contributed by atoms with Crippen LogP contribution in [-0.2, 0) is 4.79 Å². The normalized spacial score (nSPS) is 12.0. The molecule has 58 heavy (non-hydrogen) atoms. The van der Waals surface area contributed by atoms with E-state index in [4.69, 9.17) is 9.97 Å². The zero-order valence-electron chi connectivity index (χ0n) is 33.9. The summed E-state index contributed by atoms with van der Waals surface area (Å²) in [7, 11) is 0. The molecular weight excluding hydrogens is 711 g/mol. The highest BCUT2D eigenvalue weighted by atomic mass is 16.1. The molecule has 0 unspecified atom stereocenters. The molecule has 4 aromatic carbocycles. The standard InChI is InChI=1S/C52H45N5O/c1-29-20-30(2)24-37(23-29)50-43-14-12-41(54-43)49(36-8-10-40(11-9-36)53-35(7)58)42-13-15-44(55-42)51(38-25-31(3)21-32(4)26-38)46-17-19-48(57-46)52(47-18-16-45(50)56-47)39-27-33(5)22-34(6)28-39/h8-28,54,57H,1-7H3,(H,53,58). The first-order valence-electron chi connectivity index (χ1n) is 19.8. The second-order valence-corrected chi connectivity index (χ2v) is 15.9. The van der Waals surface area contributed by atoms with Gasteiger partial charge in [0.2, 0.25) is 5.91 Å². The summed E-state index contributed by atoms with van der Waals surface area (Å²) in [5.41, 5.74) is 23.5. The van der Waals surface area contributed by atoms with Crippen molar-refractivity contribution in [3.63, 3.8) is 0 Å². The van der Waals surface area contributed by atoms with Crippen molar-refractivity contribution in [2.45, 2.75) is 48.5 Å². The number of hydrogen-bond donors (Lipinski definition) is 3. The van der Waals surface area contributed by atoms with Gasteiger partial charge in [-0.3, -0.25) is 4.79 Å². The zero-order chi connectivity index (χ0) is 40.2. The molecule has 0 aliphatic carbocycles. The lowest BCUT2D eigenvalue weighted by atomic mass is 9.99. The number of carbonyl (C=O) groups is 1. The molecule has 0 radical (unpaired) electrons. The molecule has 3 N–H and O–H groups in total. The van der Waals surface area contributed by atoms with E-state index in [1.165, 1.54) is 40.3 Å². The smallest absolute Gasteiger partial charge is 0.221 e. The largest absolute Gasteiger partial charge is 0.354 e. The number of aromatic nitrogens is 4. The van der Waals surface area contributed by atoms with E-state index in [9.17, 15) is 4.79 Å². The van der Waals surface area contributed by atoms with Crippen LogP contribution >= 0.6 is 0 Å². The monoisotopic (exact) mass is 755 g/mol. The highest BCUT2D eigenvalue weighted by molar-refractivity contribution is 6.00. The van der Waals surface area contributed by atoms with Crippen LogP contribution in [0.1, 0.15) is 63.1 Å². The molecule has 6 nitrogen and oxygen atoms in total. The van der Waals surface area contributed by atoms with Crippen molar-refractivity contribution in [2.24, 2.45) is 0 Å². The van der Waals surface area contributed by atoms with E-state index < -0.39 is 0 Å². The van der Waals surface area contributed by atoms with E-state index in [-0.39, 0.29) is 5.91 Å². The molecular formula is C52H45N5O. The van der Waals surface area contributed by atoms with E-state index in [1.807, 2.05) is 24.3 Å². The van der Waals surface area contributed by atoms with Crippen molar-refractivity contribution in [1.82, 2.24) is 19.9 Å². The number of aryl methyl sites for hydroxylation is 6. The van der Waals surface area contributed by atoms with Crippen LogP contribution in [0.15, 0.2) is 103 Å². The van der Waals surface area contributed by atoms with Crippen molar-refractivity contribution >= 4 is 58.0 Å². The summed E-state index contributed by atoms with van der Waals surface area (Å²) in [6.45, 7) is 14.4. The van der Waals surface area contributed by atoms with Crippen LogP contribution in [0.2, 0.25) is 0 Å². The minimum atomic E-state index is -0.110. The third-order valence-corrected chi connectivity index (χ3v) is 10.8. The molecule has 0 atom stereocenters. The van der Waals surface area contributed by atoms with Gasteiger partial charge in [0.05, 0.1) is 22.8 Å². The number of carbonyl (C=O) groups excluding carboxylic acids is 1. The SMILES string of the molecule is CC(=O)Nc1ccc(-c2c3nc(c(-c4cc(C)cc(C)c4)c4ccc([nH]4)c(-c4cc(C)cc(C)c4)c4nc(c(-c5cc(C)cc(C)c5)c5ccc2[nH]5)C=C4)C=C3)cc1. The number of rotatable bonds is 5. The van der Waals surface area contributed by atoms with Crippen LogP contribution in [0.25, 0.3) is 90.9 Å². The van der Waals surface area contributed by atoms with Gasteiger partial charge in [0, 0.05) is 56.9 Å². The highest BCUT2D eigenvalue weighted by Crippen LogP contribution is 2.39. The predicted octanol–water partition coefficient (Wildman–Crippen LogP) is 13.1. The van der Waals surface area contributed by atoms with E-state index in [0.29, 0.717) is 0 Å². The molecule has 9 rings (SSSR count). The summed E-state index contributed by atoms with van der Waals surface area (Å²) in [6.07, 6.45) is 8.55. The molecule has 2 aliphatic heterocycles. The molecule has 0 saturated carbocycles. The van der Waals surface area contributed by atoms with Gasteiger partial charge in [-0.2, -0.15) is 0 Å². The Hall–Kier alpha value is -7.05. The van der Waals surface area contributed by atoms with Crippen LogP contribution in [-0.4, -0.2) is 25.8 Å². The molecule has 6 heteroatoms. The van der Waals surface area contributed by atoms with Gasteiger partial charge in [-0.25, -0.2) is 9.97 Å². The first-order valence-corrected chi connectivity index (χ1v) is 19.8. The molecule has 2 aliphatic rings. The number of fused-ring (bicyclic) bond motifs is 8. The second-order valence-electron chi connectivity index (χ2n) is 15.9. The van der Waals surface area contributed by atoms with Gasteiger partial charge in [-0.15, -0.1) is 0 Å². The number of anilines is 1. The van der Waals surface area contributed by atoms with Crippen molar-refractivity contribution in [2.75, 3.05) is 5.32 Å². The van der Waals surface area contributed by atoms with Gasteiger partial charge in [-0.1, -0.05) is 100 Å². The van der Waals surface area contributed by atoms with Crippen LogP contribution in [0.4, 0.5) is 5.69 Å². The first kappa shape index (κ1) is 36.6. The minimum absolute atomic E-state index is 0.110. The van der Waals surface area contributed by atoms with Crippen LogP contribution in [0.5, 0.6) is 0 Å². The fourth-order valence-corrected chi connectivity index (χ4v) is 8.70. The van der Waals surface area contributed by atoms with E-state index >= 15 is 0 Å². The average molecular weight is 756 g/mol. The number of nitrogens with one attached hydrogen (secondary N) is 3. The predicted molar refractivity (Wildman–Crippen MR) is 243 cm³/mol. The molecule has 8 bridgehead atoms. The highest BCUT2D eigenvalue weighted by Gasteiger charge is 2.20. The number of nitrogens with zero attached hydrogens (tertiary/aromatic N) is 2. The lowest BCUT2D eigenvalue weighted by Crippen LogP contribution is -2.05. The minimum Gasteiger partial charge on any atom is -0.354 e. The third-order valence-electron chi connectivity index (χ3n) is 10.8. The Morgan fingerprint density at radius 1 is 0.414 bits per heavy atom. The Morgan fingerprint density at radius 3 is 1.00 bits per heavy atom. The van der Waals surface area contributed by atoms with Gasteiger partial charge in [0.25, 0.3) is 0 Å². The topological polar surface area (TPSA) is 86.5 Å². The molecule has 0 spiro atoms. The molecule has 0 saturated heterocycles. The maximum Gasteiger partial charge on any atom is 0.221 e. The number of hydrogen-bond acceptors (Lipinski definition) is 3. The number of benzene rings is 4.